The zero-order chi connectivity index (χ0) is 20.7. The molecule has 0 saturated carbocycles. The molecule has 1 unspecified atom stereocenters. The number of halogens is 2. The van der Waals surface area contributed by atoms with Gasteiger partial charge >= 0.3 is 6.03 Å². The predicted molar refractivity (Wildman–Crippen MR) is 112 cm³/mol. The van der Waals surface area contributed by atoms with E-state index >= 15 is 0 Å². The van der Waals surface area contributed by atoms with Gasteiger partial charge in [-0.2, -0.15) is 0 Å². The summed E-state index contributed by atoms with van der Waals surface area (Å²) in [6, 6.07) is 19.1. The number of nitrogens with zero attached hydrogens (tertiary/aromatic N) is 1. The van der Waals surface area contributed by atoms with Crippen molar-refractivity contribution in [3.63, 3.8) is 0 Å². The van der Waals surface area contributed by atoms with Crippen LogP contribution in [-0.4, -0.2) is 22.5 Å². The highest BCUT2D eigenvalue weighted by Gasteiger charge is 2.35. The Morgan fingerprint density at radius 3 is 2.50 bits per heavy atom. The number of fused-ring (bicyclic) bond motifs is 3. The monoisotopic (exact) mass is 403 g/mol. The molecule has 4 aromatic rings. The van der Waals surface area contributed by atoms with E-state index in [1.165, 1.54) is 30.3 Å². The average molecular weight is 403 g/mol. The predicted octanol–water partition coefficient (Wildman–Crippen LogP) is 5.63. The fourth-order valence-electron chi connectivity index (χ4n) is 4.21. The third kappa shape index (κ3) is 3.10. The minimum atomic E-state index is -0.595. The molecule has 6 heteroatoms. The maximum atomic E-state index is 14.8. The van der Waals surface area contributed by atoms with Crippen LogP contribution in [0.25, 0.3) is 10.9 Å². The molecule has 150 valence electrons. The van der Waals surface area contributed by atoms with Gasteiger partial charge in [-0.25, -0.2) is 13.6 Å². The minimum Gasteiger partial charge on any atom is -0.356 e. The summed E-state index contributed by atoms with van der Waals surface area (Å²) in [5, 5.41) is 3.90. The first-order valence-corrected chi connectivity index (χ1v) is 9.79. The normalized spacial score (nSPS) is 15.8. The fraction of sp³-hybridized carbons (Fsp3) is 0.125. The molecule has 2 heterocycles. The van der Waals surface area contributed by atoms with Crippen LogP contribution in [0.5, 0.6) is 0 Å². The number of hydrogen-bond donors (Lipinski definition) is 2. The molecular weight excluding hydrogens is 384 g/mol. The molecule has 0 radical (unpaired) electrons. The topological polar surface area (TPSA) is 48.1 Å². The van der Waals surface area contributed by atoms with Crippen LogP contribution in [0, 0.1) is 11.6 Å². The van der Waals surface area contributed by atoms with E-state index in [0.717, 1.165) is 22.2 Å². The van der Waals surface area contributed by atoms with Crippen molar-refractivity contribution >= 4 is 22.6 Å². The second-order valence-corrected chi connectivity index (χ2v) is 7.37. The highest BCUT2D eigenvalue weighted by atomic mass is 19.1. The number of amides is 2. The summed E-state index contributed by atoms with van der Waals surface area (Å²) in [4.78, 5) is 18.2. The molecule has 4 nitrogen and oxygen atoms in total. The zero-order valence-electron chi connectivity index (χ0n) is 16.0. The number of aromatic nitrogens is 1. The van der Waals surface area contributed by atoms with E-state index in [-0.39, 0.29) is 17.7 Å². The third-order valence-corrected chi connectivity index (χ3v) is 5.59. The summed E-state index contributed by atoms with van der Waals surface area (Å²) in [6.45, 7) is 0.431. The second kappa shape index (κ2) is 7.30. The van der Waals surface area contributed by atoms with Crippen molar-refractivity contribution < 1.29 is 13.6 Å². The number of carbonyl (C=O) groups is 1. The molecule has 1 aliphatic rings. The quantitative estimate of drug-likeness (QED) is 0.448. The number of hydrogen-bond acceptors (Lipinski definition) is 1. The van der Waals surface area contributed by atoms with E-state index in [4.69, 9.17) is 0 Å². The van der Waals surface area contributed by atoms with Gasteiger partial charge in [0.05, 0.1) is 0 Å². The van der Waals surface area contributed by atoms with Crippen molar-refractivity contribution in [2.75, 3.05) is 11.9 Å². The second-order valence-electron chi connectivity index (χ2n) is 7.37. The summed E-state index contributed by atoms with van der Waals surface area (Å²) >= 11 is 0. The van der Waals surface area contributed by atoms with Gasteiger partial charge in [-0.1, -0.05) is 36.4 Å². The van der Waals surface area contributed by atoms with Crippen LogP contribution in [0.15, 0.2) is 72.8 Å². The molecule has 1 aromatic heterocycles. The van der Waals surface area contributed by atoms with Crippen molar-refractivity contribution in [1.82, 2.24) is 9.88 Å². The zero-order valence-corrected chi connectivity index (χ0v) is 16.0. The van der Waals surface area contributed by atoms with Crippen LogP contribution in [0.3, 0.4) is 0 Å². The Labute approximate surface area is 172 Å². The number of para-hydroxylation sites is 1. The molecule has 2 amide bonds. The number of rotatable bonds is 2. The van der Waals surface area contributed by atoms with Crippen molar-refractivity contribution in [3.05, 3.63) is 101 Å². The maximum Gasteiger partial charge on any atom is 0.322 e. The lowest BCUT2D eigenvalue weighted by Gasteiger charge is -2.36. The molecule has 2 N–H and O–H groups in total. The largest absolute Gasteiger partial charge is 0.356 e. The van der Waals surface area contributed by atoms with Gasteiger partial charge < -0.3 is 15.2 Å². The third-order valence-electron chi connectivity index (χ3n) is 5.59. The van der Waals surface area contributed by atoms with Crippen LogP contribution in [0.2, 0.25) is 0 Å². The Morgan fingerprint density at radius 2 is 1.70 bits per heavy atom. The first-order valence-electron chi connectivity index (χ1n) is 9.79. The van der Waals surface area contributed by atoms with E-state index in [0.29, 0.717) is 24.2 Å². The van der Waals surface area contributed by atoms with Gasteiger partial charge in [-0.3, -0.25) is 0 Å². The van der Waals surface area contributed by atoms with E-state index in [9.17, 15) is 13.6 Å². The van der Waals surface area contributed by atoms with Gasteiger partial charge in [0.15, 0.2) is 0 Å². The summed E-state index contributed by atoms with van der Waals surface area (Å²) in [6.07, 6.45) is 0.654. The Balaban J connectivity index is 1.59. The van der Waals surface area contributed by atoms with Crippen LogP contribution in [0.4, 0.5) is 19.3 Å². The fourth-order valence-corrected chi connectivity index (χ4v) is 4.21. The van der Waals surface area contributed by atoms with Gasteiger partial charge in [-0.05, 0) is 48.4 Å². The molecule has 5 rings (SSSR count). The van der Waals surface area contributed by atoms with E-state index in [2.05, 4.69) is 10.3 Å². The van der Waals surface area contributed by atoms with Gasteiger partial charge in [0.2, 0.25) is 0 Å². The Kier molecular flexibility index (Phi) is 4.47. The molecule has 1 atom stereocenters. The summed E-state index contributed by atoms with van der Waals surface area (Å²) < 4.78 is 28.0. The number of nitrogens with one attached hydrogen (secondary N) is 2. The van der Waals surface area contributed by atoms with Crippen LogP contribution in [-0.2, 0) is 6.42 Å². The smallest absolute Gasteiger partial charge is 0.322 e. The average Bonchev–Trinajstić information content (AvgIpc) is 3.14. The number of aromatic amines is 1. The lowest BCUT2D eigenvalue weighted by atomic mass is 9.92. The molecule has 0 spiro atoms. The lowest BCUT2D eigenvalue weighted by Crippen LogP contribution is -2.43. The highest BCUT2D eigenvalue weighted by Crippen LogP contribution is 2.39. The number of anilines is 1. The van der Waals surface area contributed by atoms with Gasteiger partial charge in [0, 0.05) is 34.4 Å². The maximum absolute atomic E-state index is 14.8. The lowest BCUT2D eigenvalue weighted by molar-refractivity contribution is 0.192. The molecule has 1 aliphatic heterocycles. The molecule has 0 bridgehead atoms. The Hall–Kier alpha value is -3.67. The van der Waals surface area contributed by atoms with Crippen LogP contribution in [0.1, 0.15) is 22.9 Å². The van der Waals surface area contributed by atoms with Gasteiger partial charge in [0.25, 0.3) is 0 Å². The standard InChI is InChI=1S/C24H19F2N3O/c25-15-9-11-16(12-10-15)27-24(30)29-14-13-18-17-5-2-4-8-21(17)28-22(18)23(29)19-6-1-3-7-20(19)26/h1-12,23,28H,13-14H2,(H,27,30). The number of H-pyrrole nitrogens is 1. The van der Waals surface area contributed by atoms with Gasteiger partial charge in [0.1, 0.15) is 17.7 Å². The first-order chi connectivity index (χ1) is 14.6. The first kappa shape index (κ1) is 18.4. The molecule has 0 aliphatic carbocycles. The highest BCUT2D eigenvalue weighted by molar-refractivity contribution is 5.91. The van der Waals surface area contributed by atoms with Crippen molar-refractivity contribution in [2.45, 2.75) is 12.5 Å². The van der Waals surface area contributed by atoms with E-state index in [1.54, 1.807) is 23.1 Å². The molecule has 3 aromatic carbocycles. The van der Waals surface area contributed by atoms with E-state index < -0.39 is 6.04 Å². The number of benzene rings is 3. The SMILES string of the molecule is O=C(Nc1ccc(F)cc1)N1CCc2c([nH]c3ccccc23)C1c1ccccc1F. The van der Waals surface area contributed by atoms with Crippen LogP contribution >= 0.6 is 0 Å². The summed E-state index contributed by atoms with van der Waals surface area (Å²) in [7, 11) is 0. The summed E-state index contributed by atoms with van der Waals surface area (Å²) in [5.74, 6) is -0.744. The molecule has 0 fully saturated rings. The Morgan fingerprint density at radius 1 is 0.967 bits per heavy atom. The Bertz CT molecular complexity index is 1230. The van der Waals surface area contributed by atoms with Crippen molar-refractivity contribution in [2.24, 2.45) is 0 Å². The molecular formula is C24H19F2N3O. The minimum absolute atomic E-state index is 0.362. The number of carbonyl (C=O) groups excluding carboxylic acids is 1. The van der Waals surface area contributed by atoms with E-state index in [1.807, 2.05) is 24.3 Å². The van der Waals surface area contributed by atoms with Gasteiger partial charge in [-0.15, -0.1) is 0 Å². The van der Waals surface area contributed by atoms with Crippen LogP contribution < -0.4 is 5.32 Å². The molecule has 30 heavy (non-hydrogen) atoms. The van der Waals surface area contributed by atoms with Crippen molar-refractivity contribution in [3.8, 4) is 0 Å². The molecule has 0 saturated heterocycles. The number of urea groups is 1. The van der Waals surface area contributed by atoms with Crippen molar-refractivity contribution in [1.29, 1.82) is 0 Å². The summed E-state index contributed by atoms with van der Waals surface area (Å²) in [5.41, 5.74) is 3.80.